The fourth-order valence-corrected chi connectivity index (χ4v) is 2.70. The first-order chi connectivity index (χ1) is 11.6. The molecule has 1 heterocycles. The van der Waals surface area contributed by atoms with Gasteiger partial charge in [0.25, 0.3) is 0 Å². The Morgan fingerprint density at radius 3 is 2.67 bits per heavy atom. The van der Waals surface area contributed by atoms with Crippen molar-refractivity contribution in [2.45, 2.75) is 25.9 Å². The van der Waals surface area contributed by atoms with E-state index in [9.17, 15) is 8.78 Å². The van der Waals surface area contributed by atoms with E-state index in [1.807, 2.05) is 6.92 Å². The van der Waals surface area contributed by atoms with Gasteiger partial charge in [-0.2, -0.15) is 0 Å². The molecule has 5 nitrogen and oxygen atoms in total. The average molecular weight is 341 g/mol. The molecule has 134 valence electrons. The summed E-state index contributed by atoms with van der Waals surface area (Å²) in [5.74, 6) is -0.660. The molecule has 7 heteroatoms. The van der Waals surface area contributed by atoms with Crippen LogP contribution in [0.2, 0.25) is 0 Å². The van der Waals surface area contributed by atoms with Crippen molar-refractivity contribution in [2.24, 2.45) is 4.99 Å². The molecular weight excluding hydrogens is 316 g/mol. The van der Waals surface area contributed by atoms with E-state index in [0.29, 0.717) is 25.0 Å². The highest BCUT2D eigenvalue weighted by atomic mass is 19.2. The second-order valence-electron chi connectivity index (χ2n) is 5.54. The van der Waals surface area contributed by atoms with Crippen molar-refractivity contribution in [3.63, 3.8) is 0 Å². The molecule has 0 amide bonds. The maximum atomic E-state index is 13.1. The van der Waals surface area contributed by atoms with Crippen molar-refractivity contribution in [2.75, 3.05) is 39.9 Å². The average Bonchev–Trinajstić information content (AvgIpc) is 2.59. The Bertz CT molecular complexity index is 547. The van der Waals surface area contributed by atoms with Crippen LogP contribution < -0.4 is 10.1 Å². The Morgan fingerprint density at radius 2 is 2.04 bits per heavy atom. The molecule has 24 heavy (non-hydrogen) atoms. The molecule has 1 fully saturated rings. The molecule has 1 N–H and O–H groups in total. The fourth-order valence-electron chi connectivity index (χ4n) is 2.70. The van der Waals surface area contributed by atoms with Gasteiger partial charge < -0.3 is 19.7 Å². The molecule has 0 atom stereocenters. The molecule has 0 aliphatic carbocycles. The summed E-state index contributed by atoms with van der Waals surface area (Å²) < 4.78 is 37.0. The Hall–Kier alpha value is -1.89. The lowest BCUT2D eigenvalue weighted by Gasteiger charge is -2.34. The minimum absolute atomic E-state index is 0.309. The Kier molecular flexibility index (Phi) is 7.24. The van der Waals surface area contributed by atoms with E-state index >= 15 is 0 Å². The van der Waals surface area contributed by atoms with E-state index in [4.69, 9.17) is 9.47 Å². The van der Waals surface area contributed by atoms with Gasteiger partial charge >= 0.3 is 0 Å². The summed E-state index contributed by atoms with van der Waals surface area (Å²) in [4.78, 5) is 6.47. The predicted octanol–water partition coefficient (Wildman–Crippen LogP) is 2.42. The SMILES string of the molecule is CCOC1CCN(C(=NC)NCCOc2ccc(F)c(F)c2)CC1. The highest BCUT2D eigenvalue weighted by Gasteiger charge is 2.21. The topological polar surface area (TPSA) is 46.1 Å². The van der Waals surface area contributed by atoms with Crippen LogP contribution in [0.3, 0.4) is 0 Å². The van der Waals surface area contributed by atoms with E-state index in [1.54, 1.807) is 7.05 Å². The van der Waals surface area contributed by atoms with Crippen LogP contribution in [0.25, 0.3) is 0 Å². The number of likely N-dealkylation sites (tertiary alicyclic amines) is 1. The molecule has 0 bridgehead atoms. The van der Waals surface area contributed by atoms with Crippen LogP contribution in [0.5, 0.6) is 5.75 Å². The smallest absolute Gasteiger partial charge is 0.193 e. The summed E-state index contributed by atoms with van der Waals surface area (Å²) in [5.41, 5.74) is 0. The first-order valence-electron chi connectivity index (χ1n) is 8.29. The summed E-state index contributed by atoms with van der Waals surface area (Å²) in [5, 5.41) is 3.22. The molecule has 1 saturated heterocycles. The van der Waals surface area contributed by atoms with Gasteiger partial charge in [-0.05, 0) is 31.9 Å². The van der Waals surface area contributed by atoms with E-state index in [2.05, 4.69) is 15.2 Å². The van der Waals surface area contributed by atoms with Gasteiger partial charge in [-0.3, -0.25) is 4.99 Å². The number of hydrogen-bond donors (Lipinski definition) is 1. The molecule has 0 spiro atoms. The molecule has 1 aliphatic heterocycles. The van der Waals surface area contributed by atoms with Gasteiger partial charge in [0.15, 0.2) is 17.6 Å². The molecule has 1 aliphatic rings. The third-order valence-electron chi connectivity index (χ3n) is 3.90. The number of benzene rings is 1. The zero-order valence-electron chi connectivity index (χ0n) is 14.2. The molecule has 1 aromatic carbocycles. The number of hydrogen-bond acceptors (Lipinski definition) is 3. The quantitative estimate of drug-likeness (QED) is 0.490. The number of piperidine rings is 1. The van der Waals surface area contributed by atoms with Crippen molar-refractivity contribution in [3.05, 3.63) is 29.8 Å². The van der Waals surface area contributed by atoms with Crippen LogP contribution in [0.1, 0.15) is 19.8 Å². The number of halogens is 2. The minimum atomic E-state index is -0.909. The summed E-state index contributed by atoms with van der Waals surface area (Å²) in [6.07, 6.45) is 2.31. The number of ether oxygens (including phenoxy) is 2. The monoisotopic (exact) mass is 341 g/mol. The highest BCUT2D eigenvalue weighted by Crippen LogP contribution is 2.15. The van der Waals surface area contributed by atoms with Gasteiger partial charge in [0, 0.05) is 32.8 Å². The molecule has 1 aromatic rings. The zero-order chi connectivity index (χ0) is 17.4. The van der Waals surface area contributed by atoms with Crippen LogP contribution in [0.15, 0.2) is 23.2 Å². The summed E-state index contributed by atoms with van der Waals surface area (Å²) in [7, 11) is 1.74. The minimum Gasteiger partial charge on any atom is -0.492 e. The third-order valence-corrected chi connectivity index (χ3v) is 3.90. The second kappa shape index (κ2) is 9.42. The molecular formula is C17H25F2N3O2. The predicted molar refractivity (Wildman–Crippen MR) is 89.4 cm³/mol. The second-order valence-corrected chi connectivity index (χ2v) is 5.54. The number of nitrogens with zero attached hydrogens (tertiary/aromatic N) is 2. The van der Waals surface area contributed by atoms with Crippen LogP contribution in [0, 0.1) is 11.6 Å². The maximum absolute atomic E-state index is 13.1. The maximum Gasteiger partial charge on any atom is 0.193 e. The van der Waals surface area contributed by atoms with Gasteiger partial charge in [0.05, 0.1) is 12.6 Å². The summed E-state index contributed by atoms with van der Waals surface area (Å²) in [6.45, 7) is 5.41. The van der Waals surface area contributed by atoms with Gasteiger partial charge in [-0.25, -0.2) is 8.78 Å². The molecule has 0 saturated carbocycles. The summed E-state index contributed by atoms with van der Waals surface area (Å²) in [6, 6.07) is 3.51. The lowest BCUT2D eigenvalue weighted by molar-refractivity contribution is 0.0263. The first kappa shape index (κ1) is 18.4. The van der Waals surface area contributed by atoms with Gasteiger partial charge in [-0.15, -0.1) is 0 Å². The van der Waals surface area contributed by atoms with Crippen molar-refractivity contribution in [1.82, 2.24) is 10.2 Å². The largest absolute Gasteiger partial charge is 0.492 e. The zero-order valence-corrected chi connectivity index (χ0v) is 14.2. The van der Waals surface area contributed by atoms with Crippen LogP contribution >= 0.6 is 0 Å². The van der Waals surface area contributed by atoms with E-state index in [-0.39, 0.29) is 0 Å². The lowest BCUT2D eigenvalue weighted by atomic mass is 10.1. The van der Waals surface area contributed by atoms with E-state index in [1.165, 1.54) is 6.07 Å². The third kappa shape index (κ3) is 5.33. The number of guanidine groups is 1. The van der Waals surface area contributed by atoms with E-state index in [0.717, 1.165) is 50.6 Å². The fraction of sp³-hybridized carbons (Fsp3) is 0.588. The molecule has 0 unspecified atom stereocenters. The Morgan fingerprint density at radius 1 is 1.29 bits per heavy atom. The van der Waals surface area contributed by atoms with Crippen molar-refractivity contribution in [1.29, 1.82) is 0 Å². The van der Waals surface area contributed by atoms with Crippen molar-refractivity contribution < 1.29 is 18.3 Å². The lowest BCUT2D eigenvalue weighted by Crippen LogP contribution is -2.47. The van der Waals surface area contributed by atoms with Gasteiger partial charge in [-0.1, -0.05) is 0 Å². The standard InChI is InChI=1S/C17H25F2N3O2/c1-3-23-13-6-9-22(10-7-13)17(20-2)21-8-11-24-14-4-5-15(18)16(19)12-14/h4-5,12-13H,3,6-11H2,1-2H3,(H,20,21). The normalized spacial score (nSPS) is 16.3. The van der Waals surface area contributed by atoms with Gasteiger partial charge in [0.2, 0.25) is 0 Å². The number of nitrogens with one attached hydrogen (secondary N) is 1. The van der Waals surface area contributed by atoms with Crippen LogP contribution in [-0.2, 0) is 4.74 Å². The van der Waals surface area contributed by atoms with Crippen LogP contribution in [-0.4, -0.2) is 56.9 Å². The van der Waals surface area contributed by atoms with Crippen molar-refractivity contribution >= 4 is 5.96 Å². The molecule has 0 radical (unpaired) electrons. The molecule has 2 rings (SSSR count). The Labute approximate surface area is 141 Å². The highest BCUT2D eigenvalue weighted by molar-refractivity contribution is 5.79. The van der Waals surface area contributed by atoms with E-state index < -0.39 is 11.6 Å². The number of rotatable bonds is 6. The first-order valence-corrected chi connectivity index (χ1v) is 8.29. The van der Waals surface area contributed by atoms with Crippen molar-refractivity contribution in [3.8, 4) is 5.75 Å². The Balaban J connectivity index is 1.71. The van der Waals surface area contributed by atoms with Crippen LogP contribution in [0.4, 0.5) is 8.78 Å². The number of aliphatic imine (C=N–C) groups is 1. The summed E-state index contributed by atoms with van der Waals surface area (Å²) >= 11 is 0. The van der Waals surface area contributed by atoms with Gasteiger partial charge in [0.1, 0.15) is 12.4 Å². The molecule has 0 aromatic heterocycles.